The summed E-state index contributed by atoms with van der Waals surface area (Å²) in [6.45, 7) is 3.88. The number of amides is 1. The number of ether oxygens (including phenoxy) is 1. The summed E-state index contributed by atoms with van der Waals surface area (Å²) in [6.07, 6.45) is 0.784. The molecule has 1 rings (SSSR count). The van der Waals surface area contributed by atoms with E-state index in [-0.39, 0.29) is 11.8 Å². The molecule has 0 heterocycles. The molecule has 0 saturated heterocycles. The molecular weight excluding hydrogens is 357 g/mol. The van der Waals surface area contributed by atoms with E-state index < -0.39 is 12.0 Å². The Kier molecular flexibility index (Phi) is 6.27. The summed E-state index contributed by atoms with van der Waals surface area (Å²) >= 11 is 2.14. The van der Waals surface area contributed by atoms with Gasteiger partial charge in [0.2, 0.25) is 0 Å². The van der Waals surface area contributed by atoms with Crippen LogP contribution in [0.25, 0.3) is 0 Å². The minimum absolute atomic E-state index is 0.0270. The number of esters is 1. The van der Waals surface area contributed by atoms with E-state index in [2.05, 4.69) is 27.9 Å². The van der Waals surface area contributed by atoms with Gasteiger partial charge in [-0.25, -0.2) is 4.79 Å². The smallest absolute Gasteiger partial charge is 0.328 e. The number of halogens is 1. The lowest BCUT2D eigenvalue weighted by Crippen LogP contribution is -2.45. The highest BCUT2D eigenvalue weighted by atomic mass is 127. The van der Waals surface area contributed by atoms with Crippen LogP contribution >= 0.6 is 22.6 Å². The van der Waals surface area contributed by atoms with Gasteiger partial charge in [-0.2, -0.15) is 0 Å². The van der Waals surface area contributed by atoms with Crippen LogP contribution in [0.2, 0.25) is 0 Å². The molecule has 104 valence electrons. The Bertz CT molecular complexity index is 462. The molecular formula is C14H18INO3. The standard InChI is InChI=1S/C14H18INO3/c1-4-9(2)12(14(18)19-3)16-13(17)10-6-5-7-11(15)8-10/h5-9,12H,4H2,1-3H3,(H,16,17). The van der Waals surface area contributed by atoms with Crippen LogP contribution in [-0.4, -0.2) is 25.0 Å². The van der Waals surface area contributed by atoms with Crippen LogP contribution in [0, 0.1) is 9.49 Å². The number of hydrogen-bond acceptors (Lipinski definition) is 3. The average Bonchev–Trinajstić information content (AvgIpc) is 2.42. The summed E-state index contributed by atoms with van der Waals surface area (Å²) in [7, 11) is 1.33. The monoisotopic (exact) mass is 375 g/mol. The molecule has 0 aliphatic rings. The van der Waals surface area contributed by atoms with Crippen LogP contribution in [0.1, 0.15) is 30.6 Å². The molecule has 2 atom stereocenters. The quantitative estimate of drug-likeness (QED) is 0.636. The van der Waals surface area contributed by atoms with Crippen LogP contribution in [0.15, 0.2) is 24.3 Å². The van der Waals surface area contributed by atoms with Gasteiger partial charge < -0.3 is 10.1 Å². The SMILES string of the molecule is CCC(C)C(NC(=O)c1cccc(I)c1)C(=O)OC. The Balaban J connectivity index is 2.84. The van der Waals surface area contributed by atoms with Crippen LogP contribution < -0.4 is 5.32 Å². The lowest BCUT2D eigenvalue weighted by atomic mass is 9.99. The van der Waals surface area contributed by atoms with E-state index in [4.69, 9.17) is 4.74 Å². The van der Waals surface area contributed by atoms with Crippen molar-refractivity contribution in [3.8, 4) is 0 Å². The number of nitrogens with one attached hydrogen (secondary N) is 1. The van der Waals surface area contributed by atoms with Gasteiger partial charge in [0.25, 0.3) is 5.91 Å². The van der Waals surface area contributed by atoms with E-state index >= 15 is 0 Å². The summed E-state index contributed by atoms with van der Waals surface area (Å²) < 4.78 is 5.72. The van der Waals surface area contributed by atoms with Crippen LogP contribution in [0.3, 0.4) is 0 Å². The second-order valence-corrected chi connectivity index (χ2v) is 5.62. The summed E-state index contributed by atoms with van der Waals surface area (Å²) in [4.78, 5) is 23.8. The summed E-state index contributed by atoms with van der Waals surface area (Å²) in [5, 5.41) is 2.75. The van der Waals surface area contributed by atoms with Gasteiger partial charge in [0.15, 0.2) is 0 Å². The normalized spacial score (nSPS) is 13.5. The molecule has 0 fully saturated rings. The molecule has 4 nitrogen and oxygen atoms in total. The largest absolute Gasteiger partial charge is 0.467 e. The maximum atomic E-state index is 12.1. The molecule has 0 aromatic heterocycles. The molecule has 1 aromatic rings. The van der Waals surface area contributed by atoms with Gasteiger partial charge in [0.05, 0.1) is 7.11 Å². The third-order valence-corrected chi connectivity index (χ3v) is 3.71. The fraction of sp³-hybridized carbons (Fsp3) is 0.429. The van der Waals surface area contributed by atoms with Crippen LogP contribution in [0.4, 0.5) is 0 Å². The first-order valence-corrected chi connectivity index (χ1v) is 7.21. The third-order valence-electron chi connectivity index (χ3n) is 3.04. The van der Waals surface area contributed by atoms with Gasteiger partial charge in [0, 0.05) is 9.13 Å². The molecule has 1 aromatic carbocycles. The Morgan fingerprint density at radius 2 is 2.11 bits per heavy atom. The van der Waals surface area contributed by atoms with Gasteiger partial charge >= 0.3 is 5.97 Å². The summed E-state index contributed by atoms with van der Waals surface area (Å²) in [5.74, 6) is -0.637. The summed E-state index contributed by atoms with van der Waals surface area (Å²) in [5.41, 5.74) is 0.545. The molecule has 0 aliphatic heterocycles. The van der Waals surface area contributed by atoms with Gasteiger partial charge in [-0.05, 0) is 46.7 Å². The molecule has 1 N–H and O–H groups in total. The van der Waals surface area contributed by atoms with Crippen molar-refractivity contribution in [3.63, 3.8) is 0 Å². The average molecular weight is 375 g/mol. The first-order chi connectivity index (χ1) is 8.99. The van der Waals surface area contributed by atoms with Gasteiger partial charge in [-0.3, -0.25) is 4.79 Å². The van der Waals surface area contributed by atoms with E-state index in [0.717, 1.165) is 9.99 Å². The number of hydrogen-bond donors (Lipinski definition) is 1. The van der Waals surface area contributed by atoms with Crippen molar-refractivity contribution >= 4 is 34.5 Å². The predicted octanol–water partition coefficient (Wildman–Crippen LogP) is 2.61. The third kappa shape index (κ3) is 4.49. The maximum Gasteiger partial charge on any atom is 0.328 e. The Morgan fingerprint density at radius 1 is 1.42 bits per heavy atom. The predicted molar refractivity (Wildman–Crippen MR) is 81.9 cm³/mol. The molecule has 19 heavy (non-hydrogen) atoms. The van der Waals surface area contributed by atoms with Crippen LogP contribution in [0.5, 0.6) is 0 Å². The number of benzene rings is 1. The number of methoxy groups -OCH3 is 1. The first kappa shape index (κ1) is 15.9. The lowest BCUT2D eigenvalue weighted by Gasteiger charge is -2.21. The molecule has 5 heteroatoms. The van der Waals surface area contributed by atoms with Gasteiger partial charge in [-0.1, -0.05) is 26.3 Å². The lowest BCUT2D eigenvalue weighted by molar-refractivity contribution is -0.144. The van der Waals surface area contributed by atoms with Crippen LogP contribution in [-0.2, 0) is 9.53 Å². The van der Waals surface area contributed by atoms with E-state index in [0.29, 0.717) is 5.56 Å². The Hall–Kier alpha value is -1.11. The van der Waals surface area contributed by atoms with Gasteiger partial charge in [0.1, 0.15) is 6.04 Å². The van der Waals surface area contributed by atoms with Crippen molar-refractivity contribution in [1.29, 1.82) is 0 Å². The van der Waals surface area contributed by atoms with Crippen molar-refractivity contribution in [2.45, 2.75) is 26.3 Å². The number of carbonyl (C=O) groups is 2. The molecule has 2 unspecified atom stereocenters. The van der Waals surface area contributed by atoms with Crippen molar-refractivity contribution in [2.75, 3.05) is 7.11 Å². The summed E-state index contributed by atoms with van der Waals surface area (Å²) in [6, 6.07) is 6.61. The van der Waals surface area contributed by atoms with E-state index in [9.17, 15) is 9.59 Å². The van der Waals surface area contributed by atoms with E-state index in [1.54, 1.807) is 12.1 Å². The first-order valence-electron chi connectivity index (χ1n) is 6.13. The highest BCUT2D eigenvalue weighted by Gasteiger charge is 2.26. The molecule has 1 amide bonds. The zero-order valence-electron chi connectivity index (χ0n) is 11.3. The highest BCUT2D eigenvalue weighted by Crippen LogP contribution is 2.12. The van der Waals surface area contributed by atoms with Gasteiger partial charge in [-0.15, -0.1) is 0 Å². The van der Waals surface area contributed by atoms with Crippen molar-refractivity contribution < 1.29 is 14.3 Å². The minimum Gasteiger partial charge on any atom is -0.467 e. The number of rotatable bonds is 5. The topological polar surface area (TPSA) is 55.4 Å². The minimum atomic E-state index is -0.611. The zero-order valence-corrected chi connectivity index (χ0v) is 13.4. The molecule has 0 saturated carbocycles. The Morgan fingerprint density at radius 3 is 2.63 bits per heavy atom. The number of carbonyl (C=O) groups excluding carboxylic acids is 2. The molecule has 0 bridgehead atoms. The Labute approximate surface area is 127 Å². The molecule has 0 spiro atoms. The second-order valence-electron chi connectivity index (χ2n) is 4.37. The highest BCUT2D eigenvalue weighted by molar-refractivity contribution is 14.1. The zero-order chi connectivity index (χ0) is 14.4. The molecule has 0 aliphatic carbocycles. The fourth-order valence-electron chi connectivity index (χ4n) is 1.65. The fourth-order valence-corrected chi connectivity index (χ4v) is 2.19. The van der Waals surface area contributed by atoms with E-state index in [1.807, 2.05) is 26.0 Å². The molecule has 0 radical (unpaired) electrons. The van der Waals surface area contributed by atoms with Crippen molar-refractivity contribution in [2.24, 2.45) is 5.92 Å². The van der Waals surface area contributed by atoms with E-state index in [1.165, 1.54) is 7.11 Å². The second kappa shape index (κ2) is 7.47. The maximum absolute atomic E-state index is 12.1. The van der Waals surface area contributed by atoms with Crippen molar-refractivity contribution in [1.82, 2.24) is 5.32 Å². The van der Waals surface area contributed by atoms with Crippen molar-refractivity contribution in [3.05, 3.63) is 33.4 Å².